The Morgan fingerprint density at radius 3 is 2.63 bits per heavy atom. The monoisotopic (exact) mass is 370 g/mol. The maximum atomic E-state index is 3.85. The highest BCUT2D eigenvalue weighted by Gasteiger charge is 2.33. The molecule has 4 atom stereocenters. The molecule has 2 nitrogen and oxygen atoms in total. The quantitative estimate of drug-likeness (QED) is 0.796. The summed E-state index contributed by atoms with van der Waals surface area (Å²) in [5.41, 5.74) is 1.47. The van der Waals surface area contributed by atoms with Gasteiger partial charge in [-0.3, -0.25) is 0 Å². The molecule has 19 heavy (non-hydrogen) atoms. The third-order valence-electron chi connectivity index (χ3n) is 4.48. The van der Waals surface area contributed by atoms with Gasteiger partial charge in [-0.25, -0.2) is 0 Å². The molecule has 0 aliphatic carbocycles. The van der Waals surface area contributed by atoms with Crippen molar-refractivity contribution in [3.8, 4) is 0 Å². The Morgan fingerprint density at radius 2 is 1.95 bits per heavy atom. The van der Waals surface area contributed by atoms with Crippen LogP contribution in [0.25, 0.3) is 0 Å². The van der Waals surface area contributed by atoms with Crippen molar-refractivity contribution in [1.82, 2.24) is 10.6 Å². The van der Waals surface area contributed by atoms with Crippen LogP contribution < -0.4 is 10.6 Å². The van der Waals surface area contributed by atoms with Crippen LogP contribution >= 0.6 is 22.6 Å². The van der Waals surface area contributed by atoms with Gasteiger partial charge in [-0.05, 0) is 73.2 Å². The Bertz CT molecular complexity index is 423. The fraction of sp³-hybridized carbons (Fsp3) is 0.625. The van der Waals surface area contributed by atoms with Crippen molar-refractivity contribution in [2.75, 3.05) is 0 Å². The van der Waals surface area contributed by atoms with E-state index in [9.17, 15) is 0 Å². The van der Waals surface area contributed by atoms with Gasteiger partial charge in [-0.15, -0.1) is 0 Å². The zero-order valence-corrected chi connectivity index (χ0v) is 13.7. The smallest absolute Gasteiger partial charge is 0.0162 e. The maximum Gasteiger partial charge on any atom is 0.0162 e. The minimum absolute atomic E-state index is 0.568. The normalized spacial score (nSPS) is 31.4. The Morgan fingerprint density at radius 1 is 1.26 bits per heavy atom. The van der Waals surface area contributed by atoms with Crippen molar-refractivity contribution < 1.29 is 0 Å². The predicted octanol–water partition coefficient (Wildman–Crippen LogP) is 3.09. The molecule has 0 radical (unpaired) electrons. The maximum absolute atomic E-state index is 3.85. The standard InChI is InChI=1S/C16H23IN2/c1-11(8-12-4-2-3-5-16(12)17)18-15-9-13-6-7-14(10-15)19-13/h2-5,11,13-15,18-19H,6-10H2,1H3/t11?,13-,14+,15?. The molecule has 2 heterocycles. The van der Waals surface area contributed by atoms with Crippen LogP contribution in [0.2, 0.25) is 0 Å². The van der Waals surface area contributed by atoms with E-state index in [0.717, 1.165) is 24.5 Å². The van der Waals surface area contributed by atoms with E-state index in [2.05, 4.69) is 64.4 Å². The summed E-state index contributed by atoms with van der Waals surface area (Å²) in [6.07, 6.45) is 6.53. The SMILES string of the molecule is CC(Cc1ccccc1I)NC1C[C@H]2CC[C@@H](C1)N2. The lowest BCUT2D eigenvalue weighted by molar-refractivity contribution is 0.298. The lowest BCUT2D eigenvalue weighted by atomic mass is 9.98. The van der Waals surface area contributed by atoms with Gasteiger partial charge < -0.3 is 10.6 Å². The van der Waals surface area contributed by atoms with Gasteiger partial charge in [-0.1, -0.05) is 18.2 Å². The van der Waals surface area contributed by atoms with E-state index in [1.807, 2.05) is 0 Å². The van der Waals surface area contributed by atoms with Gasteiger partial charge in [0.1, 0.15) is 0 Å². The van der Waals surface area contributed by atoms with Crippen molar-refractivity contribution in [2.24, 2.45) is 0 Å². The van der Waals surface area contributed by atoms with Gasteiger partial charge in [0.05, 0.1) is 0 Å². The molecule has 104 valence electrons. The number of hydrogen-bond acceptors (Lipinski definition) is 2. The highest BCUT2D eigenvalue weighted by Crippen LogP contribution is 2.27. The van der Waals surface area contributed by atoms with Crippen LogP contribution in [0, 0.1) is 3.57 Å². The minimum atomic E-state index is 0.568. The number of rotatable bonds is 4. The molecule has 2 fully saturated rings. The molecular formula is C16H23IN2. The fourth-order valence-corrected chi connectivity index (χ4v) is 4.26. The molecule has 0 spiro atoms. The second kappa shape index (κ2) is 6.10. The Hall–Kier alpha value is -0.130. The first-order chi connectivity index (χ1) is 9.20. The van der Waals surface area contributed by atoms with Crippen molar-refractivity contribution in [3.63, 3.8) is 0 Å². The summed E-state index contributed by atoms with van der Waals surface area (Å²) in [5.74, 6) is 0. The minimum Gasteiger partial charge on any atom is -0.311 e. The van der Waals surface area contributed by atoms with Crippen LogP contribution in [0.5, 0.6) is 0 Å². The van der Waals surface area contributed by atoms with Gasteiger partial charge in [0.15, 0.2) is 0 Å². The van der Waals surface area contributed by atoms with E-state index in [0.29, 0.717) is 6.04 Å². The molecule has 2 aliphatic rings. The molecule has 2 N–H and O–H groups in total. The first-order valence-corrected chi connectivity index (χ1v) is 8.54. The van der Waals surface area contributed by atoms with E-state index in [4.69, 9.17) is 0 Å². The molecule has 1 aromatic rings. The van der Waals surface area contributed by atoms with Crippen LogP contribution in [0.3, 0.4) is 0 Å². The molecule has 0 aromatic heterocycles. The van der Waals surface area contributed by atoms with E-state index < -0.39 is 0 Å². The molecule has 2 unspecified atom stereocenters. The third-order valence-corrected chi connectivity index (χ3v) is 5.53. The van der Waals surface area contributed by atoms with E-state index >= 15 is 0 Å². The average Bonchev–Trinajstić information content (AvgIpc) is 2.72. The zero-order chi connectivity index (χ0) is 13.2. The van der Waals surface area contributed by atoms with E-state index in [-0.39, 0.29) is 0 Å². The van der Waals surface area contributed by atoms with Gasteiger partial charge in [0.25, 0.3) is 0 Å². The molecular weight excluding hydrogens is 347 g/mol. The van der Waals surface area contributed by atoms with Crippen LogP contribution in [0.15, 0.2) is 24.3 Å². The number of hydrogen-bond donors (Lipinski definition) is 2. The summed E-state index contributed by atoms with van der Waals surface area (Å²) in [7, 11) is 0. The first kappa shape index (κ1) is 13.8. The summed E-state index contributed by atoms with van der Waals surface area (Å²) >= 11 is 2.44. The average molecular weight is 370 g/mol. The molecule has 2 bridgehead atoms. The molecule has 1 aromatic carbocycles. The molecule has 0 amide bonds. The Balaban J connectivity index is 1.54. The molecule has 2 aliphatic heterocycles. The summed E-state index contributed by atoms with van der Waals surface area (Å²) in [5, 5.41) is 7.56. The van der Waals surface area contributed by atoms with Crippen molar-refractivity contribution in [3.05, 3.63) is 33.4 Å². The Labute approximate surface area is 129 Å². The van der Waals surface area contributed by atoms with Crippen LogP contribution in [0.4, 0.5) is 0 Å². The van der Waals surface area contributed by atoms with Gasteiger partial charge >= 0.3 is 0 Å². The largest absolute Gasteiger partial charge is 0.311 e. The lowest BCUT2D eigenvalue weighted by Crippen LogP contribution is -2.49. The first-order valence-electron chi connectivity index (χ1n) is 7.46. The number of benzene rings is 1. The van der Waals surface area contributed by atoms with Gasteiger partial charge in [0.2, 0.25) is 0 Å². The molecule has 3 rings (SSSR count). The van der Waals surface area contributed by atoms with Crippen LogP contribution in [-0.2, 0) is 6.42 Å². The second-order valence-electron chi connectivity index (χ2n) is 6.17. The van der Waals surface area contributed by atoms with Crippen molar-refractivity contribution >= 4 is 22.6 Å². The number of piperidine rings is 1. The third kappa shape index (κ3) is 3.50. The summed E-state index contributed by atoms with van der Waals surface area (Å²) < 4.78 is 1.39. The highest BCUT2D eigenvalue weighted by molar-refractivity contribution is 14.1. The zero-order valence-electron chi connectivity index (χ0n) is 11.5. The topological polar surface area (TPSA) is 24.1 Å². The molecule has 2 saturated heterocycles. The second-order valence-corrected chi connectivity index (χ2v) is 7.33. The number of nitrogens with one attached hydrogen (secondary N) is 2. The molecule has 3 heteroatoms. The summed E-state index contributed by atoms with van der Waals surface area (Å²) in [4.78, 5) is 0. The Kier molecular flexibility index (Phi) is 4.44. The van der Waals surface area contributed by atoms with Crippen LogP contribution in [0.1, 0.15) is 38.2 Å². The van der Waals surface area contributed by atoms with Gasteiger partial charge in [0, 0.05) is 27.7 Å². The lowest BCUT2D eigenvalue weighted by Gasteiger charge is -2.32. The fourth-order valence-electron chi connectivity index (χ4n) is 3.65. The predicted molar refractivity (Wildman–Crippen MR) is 88.4 cm³/mol. The number of halogens is 1. The van der Waals surface area contributed by atoms with Crippen molar-refractivity contribution in [2.45, 2.75) is 63.2 Å². The highest BCUT2D eigenvalue weighted by atomic mass is 127. The molecule has 0 saturated carbocycles. The van der Waals surface area contributed by atoms with Gasteiger partial charge in [-0.2, -0.15) is 0 Å². The van der Waals surface area contributed by atoms with Crippen LogP contribution in [-0.4, -0.2) is 24.2 Å². The summed E-state index contributed by atoms with van der Waals surface area (Å²) in [6.45, 7) is 2.33. The summed E-state index contributed by atoms with van der Waals surface area (Å²) in [6, 6.07) is 11.6. The van der Waals surface area contributed by atoms with E-state index in [1.54, 1.807) is 0 Å². The number of fused-ring (bicyclic) bond motifs is 2. The van der Waals surface area contributed by atoms with Crippen molar-refractivity contribution in [1.29, 1.82) is 0 Å². The van der Waals surface area contributed by atoms with E-state index in [1.165, 1.54) is 34.8 Å².